The number of nitrogens with one attached hydrogen (secondary N) is 3. The fourth-order valence-electron chi connectivity index (χ4n) is 4.19. The zero-order valence-corrected chi connectivity index (χ0v) is 19.4. The number of likely N-dealkylation sites (tertiary alicyclic amines) is 1. The number of nitrogens with two attached hydrogens (primary N) is 2. The molecule has 33 heavy (non-hydrogen) atoms. The van der Waals surface area contributed by atoms with Crippen LogP contribution in [0, 0.1) is 5.92 Å². The Balaban J connectivity index is 2.10. The van der Waals surface area contributed by atoms with Crippen LogP contribution in [0.4, 0.5) is 0 Å². The van der Waals surface area contributed by atoms with Crippen LogP contribution in [0.5, 0.6) is 0 Å². The molecule has 2 saturated heterocycles. The molecular formula is C21H37N7O5. The molecule has 4 atom stereocenters. The number of carbonyl (C=O) groups is 4. The SMILES string of the molecule is CC(C)C(NC(=O)C(CCCN=C(N)N)NC(=O)C1CCCN1)C(=O)N1CCCC1C(=O)O. The van der Waals surface area contributed by atoms with Gasteiger partial charge in [0.05, 0.1) is 6.04 Å². The molecule has 0 spiro atoms. The molecule has 12 nitrogen and oxygen atoms in total. The molecule has 2 rings (SSSR count). The summed E-state index contributed by atoms with van der Waals surface area (Å²) in [5, 5.41) is 18.1. The Kier molecular flexibility index (Phi) is 9.89. The second-order valence-electron chi connectivity index (χ2n) is 8.92. The molecule has 0 aliphatic carbocycles. The molecule has 0 radical (unpaired) electrons. The summed E-state index contributed by atoms with van der Waals surface area (Å²) in [5.74, 6) is -2.57. The largest absolute Gasteiger partial charge is 0.480 e. The molecule has 186 valence electrons. The average Bonchev–Trinajstić information content (AvgIpc) is 3.45. The number of rotatable bonds is 11. The highest BCUT2D eigenvalue weighted by atomic mass is 16.4. The van der Waals surface area contributed by atoms with Gasteiger partial charge in [-0.15, -0.1) is 0 Å². The second kappa shape index (κ2) is 12.4. The van der Waals surface area contributed by atoms with Crippen LogP contribution in [-0.4, -0.2) is 83.5 Å². The molecule has 2 heterocycles. The van der Waals surface area contributed by atoms with E-state index < -0.39 is 35.9 Å². The molecule has 0 saturated carbocycles. The van der Waals surface area contributed by atoms with Crippen molar-refractivity contribution in [2.45, 2.75) is 76.5 Å². The van der Waals surface area contributed by atoms with Gasteiger partial charge in [0.25, 0.3) is 0 Å². The van der Waals surface area contributed by atoms with E-state index in [9.17, 15) is 24.3 Å². The molecule has 0 aromatic carbocycles. The quantitative estimate of drug-likeness (QED) is 0.120. The van der Waals surface area contributed by atoms with E-state index in [0.29, 0.717) is 38.8 Å². The van der Waals surface area contributed by atoms with Crippen molar-refractivity contribution in [1.82, 2.24) is 20.9 Å². The minimum atomic E-state index is -1.05. The number of hydrogen-bond donors (Lipinski definition) is 6. The first-order chi connectivity index (χ1) is 15.6. The van der Waals surface area contributed by atoms with Crippen LogP contribution in [0.2, 0.25) is 0 Å². The summed E-state index contributed by atoms with van der Waals surface area (Å²) in [6.07, 6.45) is 3.27. The lowest BCUT2D eigenvalue weighted by Gasteiger charge is -2.30. The maximum atomic E-state index is 13.2. The third-order valence-corrected chi connectivity index (χ3v) is 6.01. The van der Waals surface area contributed by atoms with Crippen molar-refractivity contribution in [1.29, 1.82) is 0 Å². The lowest BCUT2D eigenvalue weighted by atomic mass is 10.0. The van der Waals surface area contributed by atoms with E-state index in [-0.39, 0.29) is 30.2 Å². The Morgan fingerprint density at radius 2 is 1.88 bits per heavy atom. The zero-order valence-electron chi connectivity index (χ0n) is 19.4. The van der Waals surface area contributed by atoms with E-state index in [2.05, 4.69) is 20.9 Å². The van der Waals surface area contributed by atoms with Crippen LogP contribution in [0.25, 0.3) is 0 Å². The normalized spacial score (nSPS) is 22.0. The second-order valence-corrected chi connectivity index (χ2v) is 8.92. The van der Waals surface area contributed by atoms with Gasteiger partial charge < -0.3 is 37.4 Å². The van der Waals surface area contributed by atoms with Crippen molar-refractivity contribution >= 4 is 29.7 Å². The summed E-state index contributed by atoms with van der Waals surface area (Å²) in [6, 6.07) is -3.03. The first-order valence-electron chi connectivity index (χ1n) is 11.5. The van der Waals surface area contributed by atoms with Gasteiger partial charge in [-0.3, -0.25) is 19.4 Å². The van der Waals surface area contributed by atoms with Crippen LogP contribution in [0.15, 0.2) is 4.99 Å². The highest BCUT2D eigenvalue weighted by Crippen LogP contribution is 2.20. The van der Waals surface area contributed by atoms with Gasteiger partial charge in [0.2, 0.25) is 17.7 Å². The standard InChI is InChI=1S/C21H37N7O5/c1-12(2)16(19(31)28-11-5-8-15(28)20(32)33)27-18(30)14(7-4-10-25-21(22)23)26-17(29)13-6-3-9-24-13/h12-16,24H,3-11H2,1-2H3,(H,26,29)(H,27,30)(H,32,33)(H4,22,23,25). The van der Waals surface area contributed by atoms with Crippen molar-refractivity contribution in [3.63, 3.8) is 0 Å². The minimum Gasteiger partial charge on any atom is -0.480 e. The molecule has 0 aromatic heterocycles. The summed E-state index contributed by atoms with van der Waals surface area (Å²) in [6.45, 7) is 4.93. The highest BCUT2D eigenvalue weighted by Gasteiger charge is 2.39. The number of aliphatic carboxylic acids is 1. The Morgan fingerprint density at radius 3 is 2.45 bits per heavy atom. The van der Waals surface area contributed by atoms with Crippen molar-refractivity contribution in [3.05, 3.63) is 0 Å². The van der Waals surface area contributed by atoms with Gasteiger partial charge in [-0.2, -0.15) is 0 Å². The first kappa shape index (κ1) is 26.4. The molecule has 4 unspecified atom stereocenters. The average molecular weight is 468 g/mol. The molecule has 0 bridgehead atoms. The number of aliphatic imine (C=N–C) groups is 1. The predicted molar refractivity (Wildman–Crippen MR) is 122 cm³/mol. The summed E-state index contributed by atoms with van der Waals surface area (Å²) < 4.78 is 0. The molecular weight excluding hydrogens is 430 g/mol. The van der Waals surface area contributed by atoms with E-state index >= 15 is 0 Å². The number of guanidine groups is 1. The van der Waals surface area contributed by atoms with E-state index in [1.807, 2.05) is 0 Å². The lowest BCUT2D eigenvalue weighted by Crippen LogP contribution is -2.58. The van der Waals surface area contributed by atoms with Gasteiger partial charge in [0, 0.05) is 13.1 Å². The topological polar surface area (TPSA) is 192 Å². The number of amides is 3. The van der Waals surface area contributed by atoms with E-state index in [4.69, 9.17) is 11.5 Å². The van der Waals surface area contributed by atoms with Gasteiger partial charge in [-0.1, -0.05) is 13.8 Å². The Labute approximate surface area is 193 Å². The van der Waals surface area contributed by atoms with Gasteiger partial charge in [-0.25, -0.2) is 4.79 Å². The van der Waals surface area contributed by atoms with Crippen LogP contribution in [0.1, 0.15) is 52.4 Å². The van der Waals surface area contributed by atoms with Crippen molar-refractivity contribution in [2.24, 2.45) is 22.4 Å². The Morgan fingerprint density at radius 1 is 1.15 bits per heavy atom. The van der Waals surface area contributed by atoms with Crippen LogP contribution in [-0.2, 0) is 19.2 Å². The number of carboxylic acid groups (broad SMARTS) is 1. The number of hydrogen-bond acceptors (Lipinski definition) is 6. The highest BCUT2D eigenvalue weighted by molar-refractivity contribution is 5.94. The molecule has 8 N–H and O–H groups in total. The summed E-state index contributed by atoms with van der Waals surface area (Å²) in [5.41, 5.74) is 10.7. The molecule has 2 fully saturated rings. The van der Waals surface area contributed by atoms with Crippen LogP contribution < -0.4 is 27.4 Å². The van der Waals surface area contributed by atoms with Crippen molar-refractivity contribution in [3.8, 4) is 0 Å². The van der Waals surface area contributed by atoms with Crippen LogP contribution in [0.3, 0.4) is 0 Å². The van der Waals surface area contributed by atoms with Gasteiger partial charge >= 0.3 is 5.97 Å². The first-order valence-corrected chi connectivity index (χ1v) is 11.5. The minimum absolute atomic E-state index is 0.0562. The van der Waals surface area contributed by atoms with Crippen LogP contribution >= 0.6 is 0 Å². The molecule has 2 aliphatic rings. The fourth-order valence-corrected chi connectivity index (χ4v) is 4.19. The smallest absolute Gasteiger partial charge is 0.326 e. The lowest BCUT2D eigenvalue weighted by molar-refractivity contribution is -0.150. The summed E-state index contributed by atoms with van der Waals surface area (Å²) in [7, 11) is 0. The monoisotopic (exact) mass is 467 g/mol. The third kappa shape index (κ3) is 7.58. The maximum absolute atomic E-state index is 13.2. The van der Waals surface area contributed by atoms with Crippen molar-refractivity contribution in [2.75, 3.05) is 19.6 Å². The van der Waals surface area contributed by atoms with E-state index in [1.165, 1.54) is 4.90 Å². The number of nitrogens with zero attached hydrogens (tertiary/aromatic N) is 2. The Bertz CT molecular complexity index is 747. The van der Waals surface area contributed by atoms with Gasteiger partial charge in [0.1, 0.15) is 18.1 Å². The van der Waals surface area contributed by atoms with E-state index in [0.717, 1.165) is 13.0 Å². The fraction of sp³-hybridized carbons (Fsp3) is 0.762. The summed E-state index contributed by atoms with van der Waals surface area (Å²) in [4.78, 5) is 55.7. The maximum Gasteiger partial charge on any atom is 0.326 e. The third-order valence-electron chi connectivity index (χ3n) is 6.01. The van der Waals surface area contributed by atoms with Gasteiger partial charge in [0.15, 0.2) is 5.96 Å². The Hall–Kier alpha value is -2.89. The van der Waals surface area contributed by atoms with E-state index in [1.54, 1.807) is 13.8 Å². The number of carboxylic acids is 1. The molecule has 12 heteroatoms. The molecule has 2 aliphatic heterocycles. The zero-order chi connectivity index (χ0) is 24.5. The molecule has 0 aromatic rings. The summed E-state index contributed by atoms with van der Waals surface area (Å²) >= 11 is 0. The van der Waals surface area contributed by atoms with Gasteiger partial charge in [-0.05, 0) is 51.0 Å². The molecule has 3 amide bonds. The predicted octanol–water partition coefficient (Wildman–Crippen LogP) is -1.51. The van der Waals surface area contributed by atoms with Crippen molar-refractivity contribution < 1.29 is 24.3 Å². The number of carbonyl (C=O) groups excluding carboxylic acids is 3.